The molecule has 6 N–H and O–H groups in total. The first-order valence-electron chi connectivity index (χ1n) is 37.0. The first kappa shape index (κ1) is 148. The van der Waals surface area contributed by atoms with E-state index in [2.05, 4.69) is 220 Å². The number of aromatic carboxylic acids is 3. The van der Waals surface area contributed by atoms with Crippen molar-refractivity contribution in [2.45, 2.75) is 120 Å². The smallest absolute Gasteiger partial charge is 0.870 e. The van der Waals surface area contributed by atoms with Crippen molar-refractivity contribution >= 4 is 366 Å². The van der Waals surface area contributed by atoms with Crippen molar-refractivity contribution in [2.24, 2.45) is 0 Å². The van der Waals surface area contributed by atoms with Crippen LogP contribution < -0.4 is 64.0 Å². The summed E-state index contributed by atoms with van der Waals surface area (Å²) in [5.41, 5.74) is 9.08. The minimum absolute atomic E-state index is 0. The fourth-order valence-corrected chi connectivity index (χ4v) is 24.6. The number of Topliss-reactive ketones (excluding diaryl/α,β-unsaturated/α-hetero) is 5. The molecule has 14 rings (SSSR count). The number of ketones is 5. The Bertz CT molecular complexity index is 6610. The van der Waals surface area contributed by atoms with Gasteiger partial charge in [-0.15, -0.1) is 119 Å². The van der Waals surface area contributed by atoms with Crippen molar-refractivity contribution in [3.63, 3.8) is 0 Å². The van der Waals surface area contributed by atoms with E-state index in [9.17, 15) is 68.7 Å². The van der Waals surface area contributed by atoms with Crippen molar-refractivity contribution in [3.8, 4) is 145 Å². The summed E-state index contributed by atoms with van der Waals surface area (Å²) >= 11 is 34.8. The van der Waals surface area contributed by atoms with Gasteiger partial charge >= 0.3 is 81.3 Å². The molecule has 0 aromatic carbocycles. The molecular formula is C89H76Br3Cl3FeLiN12NaO19S15. The normalized spacial score (nSPS) is 9.72. The zero-order valence-electron chi connectivity index (χ0n) is 76.5. The zero-order valence-corrected chi connectivity index (χ0v) is 98.8. The number of carboxylic acids is 3. The van der Waals surface area contributed by atoms with E-state index < -0.39 is 41.9 Å². The van der Waals surface area contributed by atoms with Crippen LogP contribution in [0.5, 0.6) is 0 Å². The molecule has 0 unspecified atom stereocenters. The Hall–Kier alpha value is -9.23. The number of carbonyl (C=O) groups excluding carboxylic acids is 5. The van der Waals surface area contributed by atoms with E-state index >= 15 is 0 Å². The van der Waals surface area contributed by atoms with E-state index in [1.54, 1.807) is 85.8 Å². The van der Waals surface area contributed by atoms with E-state index in [1.165, 1.54) is 153 Å². The van der Waals surface area contributed by atoms with E-state index in [-0.39, 0.29) is 147 Å². The molecule has 0 atom stereocenters. The summed E-state index contributed by atoms with van der Waals surface area (Å²) < 4.78 is 14.3. The van der Waals surface area contributed by atoms with Crippen molar-refractivity contribution in [3.05, 3.63) is 141 Å². The number of nitriles is 2. The molecule has 12 aromatic rings. The number of halogens is 6. The summed E-state index contributed by atoms with van der Waals surface area (Å²) in [4.78, 5) is 142. The molecule has 0 saturated carbocycles. The van der Waals surface area contributed by atoms with Crippen LogP contribution in [0.1, 0.15) is 198 Å². The number of nitro groups is 3. The molecule has 748 valence electrons. The number of piperidine rings is 2. The second-order valence-electron chi connectivity index (χ2n) is 23.7. The van der Waals surface area contributed by atoms with Gasteiger partial charge in [0.2, 0.25) is 9.23 Å². The monoisotopic (exact) mass is 2520 g/mol. The second-order valence-corrected chi connectivity index (χ2v) is 41.0. The molecule has 0 radical (unpaired) electrons. The number of rotatable bonds is 14. The van der Waals surface area contributed by atoms with Gasteiger partial charge in [-0.2, -0.15) is 16.6 Å². The molecule has 2 aliphatic rings. The Morgan fingerprint density at radius 2 is 0.792 bits per heavy atom. The van der Waals surface area contributed by atoms with Gasteiger partial charge in [0.15, 0.2) is 48.8 Å². The van der Waals surface area contributed by atoms with Crippen LogP contribution in [-0.2, 0) is 38.9 Å². The quantitative estimate of drug-likeness (QED) is 0.00904. The fraction of sp³-hybridized carbons (Fsp3) is 0.236. The molecule has 2 aliphatic heterocycles. The van der Waals surface area contributed by atoms with Gasteiger partial charge in [-0.05, 0) is 227 Å². The standard InChI is InChI=1S/C12H14N2OS2.C11H12N2O2S2.C7H4ClNOS2.C7H4N2O3S2.C7H6N2OS2.C7H4.C6H4BrNO3S.C6H2.C5H2BrNO4S.C5H3BrO2S.C5H4.C4H6.C3H4.C2H2.CHNS.CH4.Cl2OS.Fe.Li.Na.H2O/c1-8(15)9-7-16-11-10(9)17-12(13-11)14-5-3-2-4-6-14;14-10(15)7-6-16-9-8(7)17-11(12-9)13-4-2-1-3-5-13;1-3(10)4-2-11-6-5(4)12-7(8)9-6;1-4(10)5-2-13-7(9(11)12)6(5)14-3-8;1-3(10)4-2-11-6-5(4)12-7(8)9-6;1-3-5-7-6-4-2;1-3(9)4-2-12-6(5(4)7)8(10)11;1-3-5-6-4-2;6-3-2(5(8)9)1-12-4(3)7(10)11;6-4-2-9-1-3(4)5(7)8;1-3-5-4-2;1-3-4-2;1-3-2;1-2;2-1-3;;1-4(2)3;;;;/h7H,2-6H2,1H3;6H,1-5H2,(H,14,15);2H,1H3;2H,1H3;2H,1H3,(H2,8,9);1H,2H3;2H,1H3;1-2H;1H,(H,8,9);1-2H,(H,7,8);1H,2H3;1-2H3;1H,2H3;1-2H;3H;1H4;;;;;1H2/q;;;;;;;;;;;;;;;;;;2*+1;/p-2. The Morgan fingerprint density at radius 3 is 1.08 bits per heavy atom. The number of aromatic nitrogens is 4. The first-order valence-corrected chi connectivity index (χ1v) is 54.1. The van der Waals surface area contributed by atoms with Crippen LogP contribution in [0.3, 0.4) is 0 Å². The average molecular weight is 2530 g/mol. The molecule has 0 amide bonds. The van der Waals surface area contributed by atoms with Gasteiger partial charge in [-0.1, -0.05) is 104 Å². The topological polar surface area (TPSA) is 505 Å². The van der Waals surface area contributed by atoms with Crippen LogP contribution in [0.25, 0.3) is 38.1 Å². The second kappa shape index (κ2) is 84.8. The molecule has 0 aliphatic carbocycles. The molecule has 0 bridgehead atoms. The number of nitrogens with two attached hydrogens (primary N) is 1. The predicted molar refractivity (Wildman–Crippen MR) is 597 cm³/mol. The molecule has 144 heavy (non-hydrogen) atoms. The number of hydrogen-bond donors (Lipinski definition) is 4. The zero-order chi connectivity index (χ0) is 106. The van der Waals surface area contributed by atoms with Crippen LogP contribution in [0.2, 0.25) is 4.47 Å². The Balaban J connectivity index is -0.000000285. The van der Waals surface area contributed by atoms with E-state index in [0.717, 1.165) is 125 Å². The van der Waals surface area contributed by atoms with E-state index in [1.807, 2.05) is 30.0 Å². The number of nitrogen functional groups attached to an aromatic ring is 1. The SMILES string of the molecule is C.C#C.C#CC.C#CC#CC.C#CC#CC#C.C#CC#CC#CC.CC#CC.CC(=O)c1csc([N+](=O)[O-])c1Br.CC(=O)c1csc([N+](=O)[O-])c1SC#N.CC(=O)c1csc2nc(Cl)sc12.CC(=O)c1csc2nc(N)sc12.CC(=O)c1csc2nc(N3CCCCC3)sc12.N#C[S-].O=C(O)c1csc([N+](=O)[O-])c1Br.O=C(O)c1csc2nc(N3CCCCC3)sc12.O=C(O)c1cscc1Br.O=S(Cl)Cl.[Fe].[Li+].[Na+].[OH-]. The molecule has 2 fully saturated rings. The minimum Gasteiger partial charge on any atom is -0.870 e. The third-order valence-corrected chi connectivity index (χ3v) is 30.6. The number of fused-ring (bicyclic) bond motifs is 4. The molecule has 2 saturated heterocycles. The van der Waals surface area contributed by atoms with Gasteiger partial charge in [0.1, 0.15) is 38.6 Å². The van der Waals surface area contributed by atoms with Gasteiger partial charge in [-0.25, -0.2) is 43.8 Å². The maximum absolute atomic E-state index is 11.5. The summed E-state index contributed by atoms with van der Waals surface area (Å²) in [5.74, 6) is 32.2. The number of carboxylic acid groups (broad SMARTS) is 3. The summed E-state index contributed by atoms with van der Waals surface area (Å²) in [6, 6.07) is 0. The molecule has 14 heterocycles. The van der Waals surface area contributed by atoms with Crippen LogP contribution in [0.4, 0.5) is 30.4 Å². The predicted octanol–water partition coefficient (Wildman–Crippen LogP) is 20.3. The number of thiazole rings is 4. The van der Waals surface area contributed by atoms with Crippen molar-refractivity contribution in [2.75, 3.05) is 41.7 Å². The van der Waals surface area contributed by atoms with Crippen molar-refractivity contribution in [1.82, 2.24) is 19.9 Å². The average Bonchev–Trinajstić information content (AvgIpc) is 1.63. The van der Waals surface area contributed by atoms with Crippen LogP contribution in [0.15, 0.2) is 66.7 Å². The largest absolute Gasteiger partial charge is 1.00 e. The Morgan fingerprint density at radius 1 is 0.486 bits per heavy atom. The van der Waals surface area contributed by atoms with Gasteiger partial charge < -0.3 is 49.0 Å². The molecule has 0 spiro atoms. The number of thiophene rings is 8. The maximum Gasteiger partial charge on any atom is 1.00 e. The van der Waals surface area contributed by atoms with Crippen LogP contribution in [0, 0.1) is 185 Å². The molecule has 31 nitrogen and oxygen atoms in total. The van der Waals surface area contributed by atoms with Crippen molar-refractivity contribution in [1.29, 1.82) is 10.5 Å². The number of anilines is 3. The van der Waals surface area contributed by atoms with E-state index in [4.69, 9.17) is 73.1 Å². The maximum atomic E-state index is 11.5. The fourth-order valence-electron chi connectivity index (χ4n) is 9.04. The van der Waals surface area contributed by atoms with Gasteiger partial charge in [0.05, 0.1) is 50.3 Å². The molecule has 55 heteroatoms. The van der Waals surface area contributed by atoms with Crippen LogP contribution in [-0.4, -0.2) is 133 Å². The minimum atomic E-state index is -1.67. The molecule has 12 aromatic heterocycles. The summed E-state index contributed by atoms with van der Waals surface area (Å²) in [5, 5.41) is 92.7. The Labute approximate surface area is 975 Å². The van der Waals surface area contributed by atoms with Crippen molar-refractivity contribution < 1.29 is 144 Å². The number of thioether (sulfide) groups is 1. The summed E-state index contributed by atoms with van der Waals surface area (Å²) in [6.07, 6.45) is 39.0. The number of nitrogens with zero attached hydrogens (tertiary/aromatic N) is 11. The third-order valence-electron chi connectivity index (χ3n) is 14.7. The first-order chi connectivity index (χ1) is 66.0. The number of terminal acetylenes is 6. The summed E-state index contributed by atoms with van der Waals surface area (Å²) in [7, 11) is 7.36. The third kappa shape index (κ3) is 55.0. The van der Waals surface area contributed by atoms with Crippen LogP contribution >= 0.6 is 229 Å². The van der Waals surface area contributed by atoms with Gasteiger partial charge in [0.25, 0.3) is 0 Å². The number of carbonyl (C=O) groups is 8. The number of hydrogen-bond acceptors (Lipinski definition) is 39. The van der Waals surface area contributed by atoms with Gasteiger partial charge in [-0.3, -0.25) is 54.3 Å². The Kier molecular flexibility index (Phi) is 87.0. The van der Waals surface area contributed by atoms with Gasteiger partial charge in [0, 0.05) is 145 Å². The number of thiocyanates is 2. The summed E-state index contributed by atoms with van der Waals surface area (Å²) in [6.45, 7) is 20.4. The van der Waals surface area contributed by atoms with E-state index in [0.29, 0.717) is 42.5 Å². The molecular weight excluding hydrogens is 2450 g/mol.